The first-order chi connectivity index (χ1) is 8.72. The average Bonchev–Trinajstić information content (AvgIpc) is 2.38. The molecule has 1 aromatic carbocycles. The summed E-state index contributed by atoms with van der Waals surface area (Å²) in [5.41, 5.74) is 3.24. The highest BCUT2D eigenvalue weighted by molar-refractivity contribution is 5.80. The minimum absolute atomic E-state index is 0.0631. The topological polar surface area (TPSA) is 64.6 Å². The predicted octanol–water partition coefficient (Wildman–Crippen LogP) is 1.58. The van der Waals surface area contributed by atoms with Gasteiger partial charge in [0.05, 0.1) is 19.6 Å². The van der Waals surface area contributed by atoms with E-state index in [4.69, 9.17) is 9.57 Å². The average molecular weight is 251 g/mol. The van der Waals surface area contributed by atoms with Crippen molar-refractivity contribution in [3.8, 4) is 0 Å². The molecule has 0 spiro atoms. The Morgan fingerprint density at radius 3 is 2.56 bits per heavy atom. The van der Waals surface area contributed by atoms with E-state index in [9.17, 15) is 9.59 Å². The number of amides is 1. The summed E-state index contributed by atoms with van der Waals surface area (Å²) in [6.07, 6.45) is 0.127. The lowest BCUT2D eigenvalue weighted by Crippen LogP contribution is -2.24. The van der Waals surface area contributed by atoms with Gasteiger partial charge in [-0.1, -0.05) is 30.3 Å². The first-order valence-corrected chi connectivity index (χ1v) is 5.82. The molecule has 1 aromatic rings. The molecule has 0 heterocycles. The second-order valence-electron chi connectivity index (χ2n) is 3.60. The van der Waals surface area contributed by atoms with Crippen molar-refractivity contribution < 1.29 is 19.2 Å². The summed E-state index contributed by atoms with van der Waals surface area (Å²) in [7, 11) is 0. The molecule has 0 aliphatic heterocycles. The third-order valence-electron chi connectivity index (χ3n) is 2.13. The van der Waals surface area contributed by atoms with Crippen molar-refractivity contribution in [2.45, 2.75) is 26.4 Å². The fourth-order valence-electron chi connectivity index (χ4n) is 1.27. The van der Waals surface area contributed by atoms with Crippen molar-refractivity contribution in [3.63, 3.8) is 0 Å². The van der Waals surface area contributed by atoms with Crippen molar-refractivity contribution in [2.24, 2.45) is 0 Å². The third kappa shape index (κ3) is 6.00. The standard InChI is InChI=1S/C13H17NO4/c1-2-17-13(16)9-8-12(15)14-18-10-11-6-4-3-5-7-11/h3-7H,2,8-10H2,1H3,(H,14,15). The lowest BCUT2D eigenvalue weighted by Gasteiger charge is -2.05. The zero-order chi connectivity index (χ0) is 13.2. The molecule has 0 aliphatic carbocycles. The molecule has 0 aliphatic rings. The maximum atomic E-state index is 11.3. The van der Waals surface area contributed by atoms with Crippen LogP contribution in [0.2, 0.25) is 0 Å². The van der Waals surface area contributed by atoms with Gasteiger partial charge in [0, 0.05) is 6.42 Å². The van der Waals surface area contributed by atoms with Gasteiger partial charge in [0.1, 0.15) is 0 Å². The van der Waals surface area contributed by atoms with Crippen LogP contribution in [0.25, 0.3) is 0 Å². The van der Waals surface area contributed by atoms with Crippen molar-refractivity contribution in [1.29, 1.82) is 0 Å². The summed E-state index contributed by atoms with van der Waals surface area (Å²) >= 11 is 0. The van der Waals surface area contributed by atoms with E-state index in [0.717, 1.165) is 5.56 Å². The molecular weight excluding hydrogens is 234 g/mol. The maximum absolute atomic E-state index is 11.3. The van der Waals surface area contributed by atoms with E-state index in [2.05, 4.69) is 5.48 Å². The van der Waals surface area contributed by atoms with Crippen LogP contribution in [0, 0.1) is 0 Å². The summed E-state index contributed by atoms with van der Waals surface area (Å²) in [6, 6.07) is 9.47. The number of hydrogen-bond donors (Lipinski definition) is 1. The van der Waals surface area contributed by atoms with Gasteiger partial charge in [-0.3, -0.25) is 14.4 Å². The zero-order valence-electron chi connectivity index (χ0n) is 10.3. The number of rotatable bonds is 7. The summed E-state index contributed by atoms with van der Waals surface area (Å²) in [5, 5.41) is 0. The van der Waals surface area contributed by atoms with Gasteiger partial charge in [-0.2, -0.15) is 0 Å². The predicted molar refractivity (Wildman–Crippen MR) is 65.2 cm³/mol. The minimum Gasteiger partial charge on any atom is -0.466 e. The Bertz CT molecular complexity index is 378. The van der Waals surface area contributed by atoms with E-state index in [0.29, 0.717) is 13.2 Å². The van der Waals surface area contributed by atoms with E-state index >= 15 is 0 Å². The number of hydrogen-bond acceptors (Lipinski definition) is 4. The molecule has 0 saturated heterocycles. The van der Waals surface area contributed by atoms with Crippen molar-refractivity contribution >= 4 is 11.9 Å². The molecule has 0 aromatic heterocycles. The lowest BCUT2D eigenvalue weighted by molar-refractivity contribution is -0.146. The van der Waals surface area contributed by atoms with E-state index < -0.39 is 0 Å². The molecule has 5 nitrogen and oxygen atoms in total. The van der Waals surface area contributed by atoms with Crippen molar-refractivity contribution in [1.82, 2.24) is 5.48 Å². The van der Waals surface area contributed by atoms with Crippen LogP contribution in [0.4, 0.5) is 0 Å². The van der Waals surface area contributed by atoms with Crippen LogP contribution < -0.4 is 5.48 Å². The van der Waals surface area contributed by atoms with Crippen LogP contribution in [0.5, 0.6) is 0 Å². The Morgan fingerprint density at radius 1 is 1.17 bits per heavy atom. The van der Waals surface area contributed by atoms with E-state index in [1.807, 2.05) is 30.3 Å². The highest BCUT2D eigenvalue weighted by Gasteiger charge is 2.07. The fourth-order valence-corrected chi connectivity index (χ4v) is 1.27. The Kier molecular flexibility index (Phi) is 6.50. The quantitative estimate of drug-likeness (QED) is 0.590. The van der Waals surface area contributed by atoms with Crippen LogP contribution in [0.15, 0.2) is 30.3 Å². The molecule has 18 heavy (non-hydrogen) atoms. The van der Waals surface area contributed by atoms with Gasteiger partial charge in [0.15, 0.2) is 0 Å². The van der Waals surface area contributed by atoms with Crippen LogP contribution in [-0.2, 0) is 25.8 Å². The molecule has 5 heteroatoms. The highest BCUT2D eigenvalue weighted by atomic mass is 16.6. The molecule has 1 amide bonds. The van der Waals surface area contributed by atoms with Gasteiger partial charge in [-0.25, -0.2) is 5.48 Å². The van der Waals surface area contributed by atoms with Crippen LogP contribution >= 0.6 is 0 Å². The Balaban J connectivity index is 2.12. The highest BCUT2D eigenvalue weighted by Crippen LogP contribution is 1.99. The van der Waals surface area contributed by atoms with Gasteiger partial charge < -0.3 is 4.74 Å². The second kappa shape index (κ2) is 8.25. The molecule has 0 atom stereocenters. The SMILES string of the molecule is CCOC(=O)CCC(=O)NOCc1ccccc1. The van der Waals surface area contributed by atoms with Crippen LogP contribution in [0.3, 0.4) is 0 Å². The smallest absolute Gasteiger partial charge is 0.306 e. The molecule has 98 valence electrons. The van der Waals surface area contributed by atoms with Crippen LogP contribution in [-0.4, -0.2) is 18.5 Å². The van der Waals surface area contributed by atoms with Gasteiger partial charge in [0.25, 0.3) is 0 Å². The second-order valence-corrected chi connectivity index (χ2v) is 3.60. The largest absolute Gasteiger partial charge is 0.466 e. The molecular formula is C13H17NO4. The number of esters is 1. The monoisotopic (exact) mass is 251 g/mol. The first kappa shape index (κ1) is 14.2. The molecule has 0 bridgehead atoms. The normalized spacial score (nSPS) is 9.83. The van der Waals surface area contributed by atoms with Gasteiger partial charge in [-0.15, -0.1) is 0 Å². The molecule has 0 fully saturated rings. The minimum atomic E-state index is -0.379. The summed E-state index contributed by atoms with van der Waals surface area (Å²) in [5.74, 6) is -0.713. The molecule has 0 radical (unpaired) electrons. The number of nitrogens with one attached hydrogen (secondary N) is 1. The molecule has 1 N–H and O–H groups in total. The summed E-state index contributed by atoms with van der Waals surface area (Å²) in [4.78, 5) is 27.3. The number of hydroxylamine groups is 1. The van der Waals surface area contributed by atoms with E-state index in [-0.39, 0.29) is 24.7 Å². The van der Waals surface area contributed by atoms with Gasteiger partial charge in [0.2, 0.25) is 5.91 Å². The number of carbonyl (C=O) groups excluding carboxylic acids is 2. The maximum Gasteiger partial charge on any atom is 0.306 e. The van der Waals surface area contributed by atoms with Crippen molar-refractivity contribution in [2.75, 3.05) is 6.61 Å². The van der Waals surface area contributed by atoms with E-state index in [1.165, 1.54) is 0 Å². The van der Waals surface area contributed by atoms with Crippen LogP contribution in [0.1, 0.15) is 25.3 Å². The first-order valence-electron chi connectivity index (χ1n) is 5.82. The van der Waals surface area contributed by atoms with Gasteiger partial charge in [-0.05, 0) is 12.5 Å². The van der Waals surface area contributed by atoms with E-state index in [1.54, 1.807) is 6.92 Å². The number of ether oxygens (including phenoxy) is 1. The third-order valence-corrected chi connectivity index (χ3v) is 2.13. The Morgan fingerprint density at radius 2 is 1.89 bits per heavy atom. The molecule has 1 rings (SSSR count). The Labute approximate surface area is 106 Å². The molecule has 0 unspecified atom stereocenters. The summed E-state index contributed by atoms with van der Waals surface area (Å²) < 4.78 is 4.71. The van der Waals surface area contributed by atoms with Gasteiger partial charge >= 0.3 is 5.97 Å². The zero-order valence-corrected chi connectivity index (χ0v) is 10.3. The lowest BCUT2D eigenvalue weighted by atomic mass is 10.2. The van der Waals surface area contributed by atoms with Crippen molar-refractivity contribution in [3.05, 3.63) is 35.9 Å². The summed E-state index contributed by atoms with van der Waals surface area (Å²) in [6.45, 7) is 2.35. The number of carbonyl (C=O) groups is 2. The molecule has 0 saturated carbocycles. The number of benzene rings is 1. The Hall–Kier alpha value is -1.88. The fraction of sp³-hybridized carbons (Fsp3) is 0.385.